The molecular weight excluding hydrogens is 150 g/mol. The summed E-state index contributed by atoms with van der Waals surface area (Å²) in [6, 6.07) is 0. The van der Waals surface area contributed by atoms with Gasteiger partial charge in [0, 0.05) is 0 Å². The zero-order chi connectivity index (χ0) is 9.45. The molecule has 0 aromatic rings. The van der Waals surface area contributed by atoms with Gasteiger partial charge in [-0.2, -0.15) is 4.91 Å². The fraction of sp³-hybridized carbons (Fsp3) is 1.00. The molecular formula is C10H21NO. The Morgan fingerprint density at radius 3 is 1.75 bits per heavy atom. The molecule has 0 aliphatic rings. The predicted octanol–water partition coefficient (Wildman–Crippen LogP) is 3.89. The van der Waals surface area contributed by atoms with Crippen LogP contribution in [-0.2, 0) is 0 Å². The van der Waals surface area contributed by atoms with Crippen LogP contribution in [-0.4, -0.2) is 5.54 Å². The fourth-order valence-corrected chi connectivity index (χ4v) is 1.33. The van der Waals surface area contributed by atoms with E-state index in [1.807, 2.05) is 6.92 Å². The van der Waals surface area contributed by atoms with Crippen molar-refractivity contribution >= 4 is 0 Å². The average Bonchev–Trinajstić information content (AvgIpc) is 2.11. The van der Waals surface area contributed by atoms with Crippen LogP contribution in [0, 0.1) is 4.91 Å². The molecule has 0 unspecified atom stereocenters. The average molecular weight is 171 g/mol. The van der Waals surface area contributed by atoms with Crippen LogP contribution in [0.4, 0.5) is 0 Å². The van der Waals surface area contributed by atoms with Crippen LogP contribution in [0.5, 0.6) is 0 Å². The summed E-state index contributed by atoms with van der Waals surface area (Å²) in [5.74, 6) is 0. The lowest BCUT2D eigenvalue weighted by Crippen LogP contribution is -2.20. The molecule has 0 radical (unpaired) electrons. The highest BCUT2D eigenvalue weighted by molar-refractivity contribution is 4.81. The molecule has 0 saturated carbocycles. The van der Waals surface area contributed by atoms with Gasteiger partial charge in [0.05, 0.1) is 5.54 Å². The van der Waals surface area contributed by atoms with Crippen molar-refractivity contribution < 1.29 is 0 Å². The molecule has 0 saturated heterocycles. The van der Waals surface area contributed by atoms with E-state index >= 15 is 0 Å². The number of nitroso groups, excluding NO2 is 1. The smallest absolute Gasteiger partial charge is 0.0998 e. The third-order valence-electron chi connectivity index (χ3n) is 2.36. The molecule has 0 heterocycles. The van der Waals surface area contributed by atoms with Crippen LogP contribution in [0.1, 0.15) is 59.3 Å². The van der Waals surface area contributed by atoms with Gasteiger partial charge < -0.3 is 0 Å². The monoisotopic (exact) mass is 171 g/mol. The minimum Gasteiger partial charge on any atom is -0.150 e. The van der Waals surface area contributed by atoms with Crippen LogP contribution in [0.2, 0.25) is 0 Å². The second-order valence-corrected chi connectivity index (χ2v) is 3.80. The van der Waals surface area contributed by atoms with Crippen molar-refractivity contribution in [2.75, 3.05) is 0 Å². The Morgan fingerprint density at radius 1 is 1.08 bits per heavy atom. The molecule has 0 N–H and O–H groups in total. The molecule has 0 aliphatic heterocycles. The highest BCUT2D eigenvalue weighted by atomic mass is 16.3. The highest BCUT2D eigenvalue weighted by Crippen LogP contribution is 2.24. The van der Waals surface area contributed by atoms with Crippen molar-refractivity contribution in [2.45, 2.75) is 64.8 Å². The van der Waals surface area contributed by atoms with E-state index < -0.39 is 0 Å². The van der Waals surface area contributed by atoms with Crippen LogP contribution >= 0.6 is 0 Å². The summed E-state index contributed by atoms with van der Waals surface area (Å²) < 4.78 is 0. The molecule has 0 aliphatic carbocycles. The van der Waals surface area contributed by atoms with E-state index in [1.54, 1.807) is 0 Å². The minimum absolute atomic E-state index is 0.286. The van der Waals surface area contributed by atoms with Crippen molar-refractivity contribution in [2.24, 2.45) is 5.18 Å². The molecule has 0 bridgehead atoms. The van der Waals surface area contributed by atoms with E-state index in [-0.39, 0.29) is 5.54 Å². The molecule has 0 spiro atoms. The molecule has 2 heteroatoms. The first kappa shape index (κ1) is 11.6. The second-order valence-electron chi connectivity index (χ2n) is 3.80. The van der Waals surface area contributed by atoms with Gasteiger partial charge in [-0.1, -0.05) is 44.7 Å². The van der Waals surface area contributed by atoms with Gasteiger partial charge in [0.1, 0.15) is 0 Å². The van der Waals surface area contributed by atoms with Crippen molar-refractivity contribution in [3.8, 4) is 0 Å². The van der Waals surface area contributed by atoms with Crippen molar-refractivity contribution in [1.29, 1.82) is 0 Å². The van der Waals surface area contributed by atoms with Crippen LogP contribution < -0.4 is 0 Å². The third kappa shape index (κ3) is 4.47. The number of nitrogens with zero attached hydrogens (tertiary/aromatic N) is 1. The summed E-state index contributed by atoms with van der Waals surface area (Å²) >= 11 is 0. The van der Waals surface area contributed by atoms with Gasteiger partial charge in [-0.15, -0.1) is 0 Å². The third-order valence-corrected chi connectivity index (χ3v) is 2.36. The first-order valence-electron chi connectivity index (χ1n) is 5.03. The Balaban J connectivity index is 3.78. The quantitative estimate of drug-likeness (QED) is 0.534. The number of unbranched alkanes of at least 4 members (excludes halogenated alkanes) is 2. The highest BCUT2D eigenvalue weighted by Gasteiger charge is 2.23. The summed E-state index contributed by atoms with van der Waals surface area (Å²) in [6.45, 7) is 6.27. The first-order chi connectivity index (χ1) is 5.68. The molecule has 0 amide bonds. The van der Waals surface area contributed by atoms with Gasteiger partial charge in [-0.3, -0.25) is 0 Å². The number of hydrogen-bond acceptors (Lipinski definition) is 2. The normalized spacial score (nSPS) is 11.6. The molecule has 0 aromatic heterocycles. The predicted molar refractivity (Wildman–Crippen MR) is 53.3 cm³/mol. The summed E-state index contributed by atoms with van der Waals surface area (Å²) in [7, 11) is 0. The van der Waals surface area contributed by atoms with Crippen LogP contribution in [0.3, 0.4) is 0 Å². The largest absolute Gasteiger partial charge is 0.150 e. The minimum atomic E-state index is -0.286. The molecule has 0 rings (SSSR count). The Labute approximate surface area is 75.7 Å². The maximum absolute atomic E-state index is 10.6. The lowest BCUT2D eigenvalue weighted by Gasteiger charge is -2.20. The standard InChI is InChI=1S/C10H21NO/c1-4-6-8-10(3,11-12)9-7-5-2/h4-9H2,1-3H3. The van der Waals surface area contributed by atoms with Gasteiger partial charge in [-0.05, 0) is 19.8 Å². The molecule has 0 fully saturated rings. The maximum atomic E-state index is 10.6. The van der Waals surface area contributed by atoms with Crippen LogP contribution in [0.15, 0.2) is 5.18 Å². The lowest BCUT2D eigenvalue weighted by atomic mass is 9.90. The van der Waals surface area contributed by atoms with Gasteiger partial charge in [0.25, 0.3) is 0 Å². The Morgan fingerprint density at radius 2 is 1.50 bits per heavy atom. The summed E-state index contributed by atoms with van der Waals surface area (Å²) in [6.07, 6.45) is 6.44. The Hall–Kier alpha value is -0.400. The van der Waals surface area contributed by atoms with Crippen molar-refractivity contribution in [3.05, 3.63) is 4.91 Å². The van der Waals surface area contributed by atoms with Crippen molar-refractivity contribution in [3.63, 3.8) is 0 Å². The van der Waals surface area contributed by atoms with E-state index in [0.717, 1.165) is 38.5 Å². The first-order valence-corrected chi connectivity index (χ1v) is 5.03. The van der Waals surface area contributed by atoms with E-state index in [9.17, 15) is 4.91 Å². The van der Waals surface area contributed by atoms with Gasteiger partial charge in [0.2, 0.25) is 0 Å². The SMILES string of the molecule is CCCCC(C)(CCCC)N=O. The van der Waals surface area contributed by atoms with E-state index in [2.05, 4.69) is 19.0 Å². The summed E-state index contributed by atoms with van der Waals surface area (Å²) in [4.78, 5) is 10.6. The van der Waals surface area contributed by atoms with E-state index in [4.69, 9.17) is 0 Å². The molecule has 0 atom stereocenters. The Kier molecular flexibility index (Phi) is 5.95. The molecule has 0 aromatic carbocycles. The van der Waals surface area contributed by atoms with E-state index in [1.165, 1.54) is 0 Å². The number of hydrogen-bond donors (Lipinski definition) is 0. The summed E-state index contributed by atoms with van der Waals surface area (Å²) in [5, 5.41) is 3.24. The topological polar surface area (TPSA) is 29.4 Å². The zero-order valence-electron chi connectivity index (χ0n) is 8.60. The van der Waals surface area contributed by atoms with Crippen LogP contribution in [0.25, 0.3) is 0 Å². The Bertz CT molecular complexity index is 115. The van der Waals surface area contributed by atoms with Gasteiger partial charge >= 0.3 is 0 Å². The zero-order valence-corrected chi connectivity index (χ0v) is 8.60. The van der Waals surface area contributed by atoms with Gasteiger partial charge in [0.15, 0.2) is 0 Å². The second kappa shape index (κ2) is 6.15. The van der Waals surface area contributed by atoms with Crippen molar-refractivity contribution in [1.82, 2.24) is 0 Å². The fourth-order valence-electron chi connectivity index (χ4n) is 1.33. The van der Waals surface area contributed by atoms with E-state index in [0.29, 0.717) is 0 Å². The molecule has 2 nitrogen and oxygen atoms in total. The maximum Gasteiger partial charge on any atom is 0.0998 e. The molecule has 12 heavy (non-hydrogen) atoms. The van der Waals surface area contributed by atoms with Gasteiger partial charge in [-0.25, -0.2) is 0 Å². The number of rotatable bonds is 7. The molecule has 72 valence electrons. The lowest BCUT2D eigenvalue weighted by molar-refractivity contribution is 0.375. The summed E-state index contributed by atoms with van der Waals surface area (Å²) in [5.41, 5.74) is -0.286.